The van der Waals surface area contributed by atoms with Gasteiger partial charge < -0.3 is 15.4 Å². The molecule has 0 radical (unpaired) electrons. The van der Waals surface area contributed by atoms with Crippen LogP contribution >= 0.6 is 0 Å². The number of benzene rings is 2. The smallest absolute Gasteiger partial charge is 0.255 e. The van der Waals surface area contributed by atoms with Gasteiger partial charge in [-0.25, -0.2) is 4.68 Å². The molecule has 0 fully saturated rings. The maximum Gasteiger partial charge on any atom is 0.255 e. The summed E-state index contributed by atoms with van der Waals surface area (Å²) in [6.45, 7) is 1.87. The van der Waals surface area contributed by atoms with Gasteiger partial charge in [-0.1, -0.05) is 42.5 Å². The normalized spacial score (nSPS) is 15.7. The van der Waals surface area contributed by atoms with Crippen LogP contribution in [0.3, 0.4) is 0 Å². The Morgan fingerprint density at radius 2 is 1.89 bits per heavy atom. The van der Waals surface area contributed by atoms with E-state index >= 15 is 0 Å². The molecule has 2 heterocycles. The number of amides is 1. The van der Waals surface area contributed by atoms with E-state index < -0.39 is 0 Å². The van der Waals surface area contributed by atoms with E-state index in [1.165, 1.54) is 6.33 Å². The molecule has 0 saturated heterocycles. The number of nitrogens with one attached hydrogen (secondary N) is 2. The Balaban J connectivity index is 1.76. The van der Waals surface area contributed by atoms with Crippen molar-refractivity contribution in [3.05, 3.63) is 77.8 Å². The second-order valence-corrected chi connectivity index (χ2v) is 6.16. The number of aromatic nitrogens is 3. The number of para-hydroxylation sites is 2. The highest BCUT2D eigenvalue weighted by molar-refractivity contribution is 6.06. The van der Waals surface area contributed by atoms with E-state index in [0.29, 0.717) is 23.0 Å². The molecule has 0 unspecified atom stereocenters. The predicted octanol–water partition coefficient (Wildman–Crippen LogP) is 3.21. The van der Waals surface area contributed by atoms with Gasteiger partial charge in [0, 0.05) is 5.70 Å². The fourth-order valence-corrected chi connectivity index (χ4v) is 3.27. The van der Waals surface area contributed by atoms with Crippen LogP contribution in [0.2, 0.25) is 0 Å². The summed E-state index contributed by atoms with van der Waals surface area (Å²) in [4.78, 5) is 17.5. The largest absolute Gasteiger partial charge is 0.495 e. The maximum atomic E-state index is 13.2. The third-order valence-corrected chi connectivity index (χ3v) is 4.51. The van der Waals surface area contributed by atoms with Gasteiger partial charge >= 0.3 is 0 Å². The van der Waals surface area contributed by atoms with Crippen molar-refractivity contribution in [3.63, 3.8) is 0 Å². The zero-order chi connectivity index (χ0) is 18.8. The van der Waals surface area contributed by atoms with Crippen molar-refractivity contribution in [2.24, 2.45) is 0 Å². The quantitative estimate of drug-likeness (QED) is 0.746. The Kier molecular flexibility index (Phi) is 4.33. The molecule has 3 aromatic rings. The zero-order valence-corrected chi connectivity index (χ0v) is 15.0. The van der Waals surface area contributed by atoms with Gasteiger partial charge in [0.15, 0.2) is 0 Å². The van der Waals surface area contributed by atoms with Gasteiger partial charge in [-0.3, -0.25) is 4.79 Å². The minimum Gasteiger partial charge on any atom is -0.495 e. The van der Waals surface area contributed by atoms with E-state index in [1.807, 2.05) is 49.4 Å². The summed E-state index contributed by atoms with van der Waals surface area (Å²) in [7, 11) is 1.58. The van der Waals surface area contributed by atoms with Crippen LogP contribution < -0.4 is 15.4 Å². The summed E-state index contributed by atoms with van der Waals surface area (Å²) >= 11 is 0. The molecular weight excluding hydrogens is 342 g/mol. The van der Waals surface area contributed by atoms with Gasteiger partial charge in [0.1, 0.15) is 18.1 Å². The Labute approximate surface area is 156 Å². The van der Waals surface area contributed by atoms with Crippen LogP contribution in [0.4, 0.5) is 11.6 Å². The standard InChI is InChI=1S/C20H19N5O2/c1-13-17(19(26)24-15-10-6-7-11-16(15)27-2)18(14-8-4-3-5-9-14)25-20(23-13)21-12-22-25/h3-12,18H,1-2H3,(H,24,26)(H,21,22,23)/t18-/m0/s1. The van der Waals surface area contributed by atoms with Crippen LogP contribution in [0.25, 0.3) is 0 Å². The number of hydrogen-bond donors (Lipinski definition) is 2. The lowest BCUT2D eigenvalue weighted by molar-refractivity contribution is -0.113. The first-order valence-electron chi connectivity index (χ1n) is 8.55. The number of anilines is 2. The fraction of sp³-hybridized carbons (Fsp3) is 0.150. The SMILES string of the molecule is COc1ccccc1NC(=O)C1=C(C)Nc2ncnn2[C@H]1c1ccccc1. The Morgan fingerprint density at radius 3 is 2.67 bits per heavy atom. The lowest BCUT2D eigenvalue weighted by Gasteiger charge is -2.28. The second-order valence-electron chi connectivity index (χ2n) is 6.16. The van der Waals surface area contributed by atoms with E-state index in [4.69, 9.17) is 4.74 Å². The first kappa shape index (κ1) is 16.8. The summed E-state index contributed by atoms with van der Waals surface area (Å²) in [5.41, 5.74) is 2.87. The van der Waals surface area contributed by atoms with Crippen LogP contribution in [-0.2, 0) is 4.79 Å². The topological polar surface area (TPSA) is 81.1 Å². The number of carbonyl (C=O) groups is 1. The Bertz CT molecular complexity index is 1010. The number of nitrogens with zero attached hydrogens (tertiary/aromatic N) is 3. The van der Waals surface area contributed by atoms with Gasteiger partial charge in [-0.05, 0) is 24.6 Å². The van der Waals surface area contributed by atoms with Gasteiger partial charge in [-0.15, -0.1) is 0 Å². The van der Waals surface area contributed by atoms with Crippen molar-refractivity contribution in [2.75, 3.05) is 17.7 Å². The van der Waals surface area contributed by atoms with E-state index in [0.717, 1.165) is 11.3 Å². The highest BCUT2D eigenvalue weighted by Gasteiger charge is 2.33. The third kappa shape index (κ3) is 3.03. The number of allylic oxidation sites excluding steroid dienone is 1. The number of methoxy groups -OCH3 is 1. The molecule has 7 heteroatoms. The maximum absolute atomic E-state index is 13.2. The molecule has 1 amide bonds. The summed E-state index contributed by atoms with van der Waals surface area (Å²) in [6, 6.07) is 16.7. The van der Waals surface area contributed by atoms with Gasteiger partial charge in [0.2, 0.25) is 5.95 Å². The molecule has 4 rings (SSSR count). The molecule has 7 nitrogen and oxygen atoms in total. The summed E-state index contributed by atoms with van der Waals surface area (Å²) in [6.07, 6.45) is 1.48. The van der Waals surface area contributed by atoms with Crippen molar-refractivity contribution in [2.45, 2.75) is 13.0 Å². The van der Waals surface area contributed by atoms with Crippen LogP contribution in [0.15, 0.2) is 72.2 Å². The highest BCUT2D eigenvalue weighted by Crippen LogP contribution is 2.35. The minimum absolute atomic E-state index is 0.223. The molecule has 0 bridgehead atoms. The Hall–Kier alpha value is -3.61. The molecule has 2 N–H and O–H groups in total. The molecule has 27 heavy (non-hydrogen) atoms. The molecule has 0 saturated carbocycles. The molecule has 1 atom stereocenters. The van der Waals surface area contributed by atoms with Gasteiger partial charge in [0.05, 0.1) is 18.4 Å². The lowest BCUT2D eigenvalue weighted by Crippen LogP contribution is -2.31. The number of rotatable bonds is 4. The summed E-state index contributed by atoms with van der Waals surface area (Å²) < 4.78 is 7.06. The second kappa shape index (κ2) is 6.95. The molecule has 136 valence electrons. The number of carbonyl (C=O) groups excluding carboxylic acids is 1. The van der Waals surface area contributed by atoms with Crippen molar-refractivity contribution in [1.82, 2.24) is 14.8 Å². The molecule has 0 spiro atoms. The van der Waals surface area contributed by atoms with Crippen molar-refractivity contribution in [3.8, 4) is 5.75 Å². The number of hydrogen-bond acceptors (Lipinski definition) is 5. The number of fused-ring (bicyclic) bond motifs is 1. The van der Waals surface area contributed by atoms with Crippen molar-refractivity contribution < 1.29 is 9.53 Å². The van der Waals surface area contributed by atoms with Crippen LogP contribution in [0.5, 0.6) is 5.75 Å². The van der Waals surface area contributed by atoms with Gasteiger partial charge in [-0.2, -0.15) is 10.1 Å². The monoisotopic (exact) mass is 361 g/mol. The minimum atomic E-state index is -0.375. The fourth-order valence-electron chi connectivity index (χ4n) is 3.27. The first-order valence-corrected chi connectivity index (χ1v) is 8.55. The predicted molar refractivity (Wildman–Crippen MR) is 103 cm³/mol. The average Bonchev–Trinajstić information content (AvgIpc) is 3.15. The highest BCUT2D eigenvalue weighted by atomic mass is 16.5. The van der Waals surface area contributed by atoms with Crippen molar-refractivity contribution >= 4 is 17.5 Å². The molecular formula is C20H19N5O2. The van der Waals surface area contributed by atoms with E-state index in [-0.39, 0.29) is 11.9 Å². The van der Waals surface area contributed by atoms with Crippen LogP contribution in [-0.4, -0.2) is 27.8 Å². The lowest BCUT2D eigenvalue weighted by atomic mass is 9.95. The molecule has 1 aromatic heterocycles. The van der Waals surface area contributed by atoms with E-state index in [9.17, 15) is 4.79 Å². The van der Waals surface area contributed by atoms with Gasteiger partial charge in [0.25, 0.3) is 5.91 Å². The van der Waals surface area contributed by atoms with Crippen LogP contribution in [0, 0.1) is 0 Å². The summed E-state index contributed by atoms with van der Waals surface area (Å²) in [5, 5.41) is 10.4. The third-order valence-electron chi connectivity index (χ3n) is 4.51. The molecule has 1 aliphatic rings. The van der Waals surface area contributed by atoms with Crippen molar-refractivity contribution in [1.29, 1.82) is 0 Å². The number of ether oxygens (including phenoxy) is 1. The molecule has 0 aliphatic carbocycles. The zero-order valence-electron chi connectivity index (χ0n) is 15.0. The Morgan fingerprint density at radius 1 is 1.15 bits per heavy atom. The summed E-state index contributed by atoms with van der Waals surface area (Å²) in [5.74, 6) is 0.986. The average molecular weight is 361 g/mol. The molecule has 2 aromatic carbocycles. The molecule has 1 aliphatic heterocycles. The van der Waals surface area contributed by atoms with E-state index in [1.54, 1.807) is 23.9 Å². The first-order chi connectivity index (χ1) is 13.2. The van der Waals surface area contributed by atoms with E-state index in [2.05, 4.69) is 20.7 Å². The van der Waals surface area contributed by atoms with Crippen LogP contribution in [0.1, 0.15) is 18.5 Å².